The molecule has 0 bridgehead atoms. The molecular formula is C16H11F2N5. The van der Waals surface area contributed by atoms with Crippen LogP contribution >= 0.6 is 0 Å². The van der Waals surface area contributed by atoms with Gasteiger partial charge in [0.1, 0.15) is 17.2 Å². The second kappa shape index (κ2) is 5.98. The van der Waals surface area contributed by atoms with E-state index in [9.17, 15) is 8.78 Å². The molecule has 3 aromatic rings. The zero-order valence-electron chi connectivity index (χ0n) is 12.1. The van der Waals surface area contributed by atoms with E-state index >= 15 is 0 Å². The number of hydrogen-bond acceptors (Lipinski definition) is 3. The molecule has 0 N–H and O–H groups in total. The van der Waals surface area contributed by atoms with E-state index in [2.05, 4.69) is 20.2 Å². The average molecular weight is 311 g/mol. The molecule has 0 spiro atoms. The van der Waals surface area contributed by atoms with Crippen LogP contribution in [0.3, 0.4) is 0 Å². The molecule has 2 aromatic carbocycles. The number of hydrogen-bond donors (Lipinski definition) is 0. The fourth-order valence-electron chi connectivity index (χ4n) is 2.55. The smallest absolute Gasteiger partial charge is 0.133 e. The number of nitrogens with zero attached hydrogens (tertiary/aromatic N) is 5. The first-order chi connectivity index (χ1) is 11.1. The minimum atomic E-state index is -0.640. The molecule has 7 heteroatoms. The van der Waals surface area contributed by atoms with Crippen molar-refractivity contribution in [2.45, 2.75) is 13.0 Å². The van der Waals surface area contributed by atoms with Gasteiger partial charge in [-0.15, -0.1) is 5.10 Å². The zero-order valence-corrected chi connectivity index (χ0v) is 12.1. The van der Waals surface area contributed by atoms with Crippen LogP contribution in [0.2, 0.25) is 0 Å². The maximum absolute atomic E-state index is 14.3. The molecule has 114 valence electrons. The molecule has 0 saturated carbocycles. The van der Waals surface area contributed by atoms with Crippen molar-refractivity contribution in [2.75, 3.05) is 0 Å². The Bertz CT molecular complexity index is 935. The predicted molar refractivity (Wildman–Crippen MR) is 82.5 cm³/mol. The summed E-state index contributed by atoms with van der Waals surface area (Å²) >= 11 is 0. The van der Waals surface area contributed by atoms with Gasteiger partial charge in [0, 0.05) is 15.9 Å². The summed E-state index contributed by atoms with van der Waals surface area (Å²) in [6.45, 7) is 1.64. The topological polar surface area (TPSA) is 74.5 Å². The van der Waals surface area contributed by atoms with Crippen molar-refractivity contribution in [1.29, 1.82) is 0 Å². The van der Waals surface area contributed by atoms with Crippen LogP contribution in [0, 0.1) is 11.6 Å². The Labute approximate surface area is 130 Å². The van der Waals surface area contributed by atoms with Crippen molar-refractivity contribution in [3.05, 3.63) is 70.2 Å². The number of aromatic nitrogens is 2. The number of benzene rings is 2. The molecule has 3 rings (SSSR count). The lowest BCUT2D eigenvalue weighted by Crippen LogP contribution is -1.99. The summed E-state index contributed by atoms with van der Waals surface area (Å²) in [6, 6.07) is 8.05. The van der Waals surface area contributed by atoms with Gasteiger partial charge in [0.2, 0.25) is 0 Å². The van der Waals surface area contributed by atoms with Gasteiger partial charge < -0.3 is 0 Å². The molecule has 1 aromatic heterocycles. The maximum atomic E-state index is 14.3. The molecule has 0 aliphatic rings. The molecule has 1 heterocycles. The molecule has 0 saturated heterocycles. The Hall–Kier alpha value is -3.05. The fourth-order valence-corrected chi connectivity index (χ4v) is 2.55. The maximum Gasteiger partial charge on any atom is 0.133 e. The molecule has 0 fully saturated rings. The number of rotatable bonds is 3. The second-order valence-corrected chi connectivity index (χ2v) is 5.01. The quantitative estimate of drug-likeness (QED) is 0.390. The Kier molecular flexibility index (Phi) is 3.87. The van der Waals surface area contributed by atoms with Gasteiger partial charge in [0.05, 0.1) is 12.2 Å². The van der Waals surface area contributed by atoms with Crippen LogP contribution in [0.15, 0.2) is 47.7 Å². The van der Waals surface area contributed by atoms with Crippen molar-refractivity contribution in [1.82, 2.24) is 10.2 Å². The molecule has 23 heavy (non-hydrogen) atoms. The van der Waals surface area contributed by atoms with Gasteiger partial charge in [-0.2, -0.15) is 5.10 Å². The third-order valence-electron chi connectivity index (χ3n) is 3.57. The van der Waals surface area contributed by atoms with Crippen molar-refractivity contribution < 1.29 is 8.78 Å². The van der Waals surface area contributed by atoms with Crippen LogP contribution in [-0.2, 0) is 0 Å². The summed E-state index contributed by atoms with van der Waals surface area (Å²) in [4.78, 5) is 2.77. The standard InChI is InChI=1S/C16H11F2N5/c1-9(21-23-19)13-8-14(18)12-5-6-20-22-16(12)15(13)10-3-2-4-11(17)7-10/h2-9H,1H3. The van der Waals surface area contributed by atoms with Crippen LogP contribution in [0.25, 0.3) is 32.5 Å². The number of azide groups is 1. The van der Waals surface area contributed by atoms with E-state index in [1.807, 2.05) is 0 Å². The molecular weight excluding hydrogens is 300 g/mol. The molecule has 0 amide bonds. The Morgan fingerprint density at radius 1 is 1.22 bits per heavy atom. The monoisotopic (exact) mass is 311 g/mol. The van der Waals surface area contributed by atoms with Crippen molar-refractivity contribution >= 4 is 10.9 Å². The van der Waals surface area contributed by atoms with Gasteiger partial charge in [-0.3, -0.25) is 0 Å². The molecule has 0 aliphatic heterocycles. The Morgan fingerprint density at radius 2 is 2.04 bits per heavy atom. The normalized spacial score (nSPS) is 12.0. The Morgan fingerprint density at radius 3 is 2.78 bits per heavy atom. The first kappa shape index (κ1) is 14.9. The third-order valence-corrected chi connectivity index (χ3v) is 3.57. The lowest BCUT2D eigenvalue weighted by molar-refractivity contribution is 0.628. The van der Waals surface area contributed by atoms with Crippen molar-refractivity contribution in [3.63, 3.8) is 0 Å². The van der Waals surface area contributed by atoms with Gasteiger partial charge in [0.15, 0.2) is 0 Å². The van der Waals surface area contributed by atoms with E-state index in [-0.39, 0.29) is 5.39 Å². The van der Waals surface area contributed by atoms with Crippen LogP contribution < -0.4 is 0 Å². The highest BCUT2D eigenvalue weighted by Crippen LogP contribution is 2.36. The number of halogens is 2. The lowest BCUT2D eigenvalue weighted by Gasteiger charge is -2.15. The van der Waals surface area contributed by atoms with E-state index in [0.29, 0.717) is 22.2 Å². The minimum absolute atomic E-state index is 0.274. The first-order valence-electron chi connectivity index (χ1n) is 6.85. The summed E-state index contributed by atoms with van der Waals surface area (Å²) in [7, 11) is 0. The Balaban J connectivity index is 2.42. The predicted octanol–water partition coefficient (Wildman–Crippen LogP) is 4.95. The van der Waals surface area contributed by atoms with E-state index in [1.54, 1.807) is 19.1 Å². The van der Waals surface area contributed by atoms with Crippen LogP contribution in [0.1, 0.15) is 18.5 Å². The van der Waals surface area contributed by atoms with Gasteiger partial charge >= 0.3 is 0 Å². The molecule has 1 atom stereocenters. The molecule has 0 aliphatic carbocycles. The number of fused-ring (bicyclic) bond motifs is 1. The fraction of sp³-hybridized carbons (Fsp3) is 0.125. The SMILES string of the molecule is CC(N=[N+]=[N-])c1cc(F)c2ccnnc2c1-c1cccc(F)c1. The summed E-state index contributed by atoms with van der Waals surface area (Å²) in [5, 5.41) is 11.7. The summed E-state index contributed by atoms with van der Waals surface area (Å²) < 4.78 is 28.0. The van der Waals surface area contributed by atoms with Gasteiger partial charge in [-0.05, 0) is 40.9 Å². The van der Waals surface area contributed by atoms with Gasteiger partial charge in [0.25, 0.3) is 0 Å². The summed E-state index contributed by atoms with van der Waals surface area (Å²) in [6.07, 6.45) is 1.39. The third kappa shape index (κ3) is 2.69. The van der Waals surface area contributed by atoms with Gasteiger partial charge in [-0.1, -0.05) is 24.2 Å². The van der Waals surface area contributed by atoms with Crippen molar-refractivity contribution in [3.8, 4) is 11.1 Å². The van der Waals surface area contributed by atoms with E-state index in [1.165, 1.54) is 30.5 Å². The van der Waals surface area contributed by atoms with Crippen molar-refractivity contribution in [2.24, 2.45) is 5.11 Å². The minimum Gasteiger partial charge on any atom is -0.207 e. The summed E-state index contributed by atoms with van der Waals surface area (Å²) in [5.41, 5.74) is 10.4. The van der Waals surface area contributed by atoms with Crippen LogP contribution in [0.5, 0.6) is 0 Å². The van der Waals surface area contributed by atoms with Crippen LogP contribution in [0.4, 0.5) is 8.78 Å². The van der Waals surface area contributed by atoms with E-state index < -0.39 is 17.7 Å². The first-order valence-corrected chi connectivity index (χ1v) is 6.85. The zero-order chi connectivity index (χ0) is 16.4. The molecule has 5 nitrogen and oxygen atoms in total. The van der Waals surface area contributed by atoms with E-state index in [4.69, 9.17) is 5.53 Å². The molecule has 1 unspecified atom stereocenters. The highest BCUT2D eigenvalue weighted by molar-refractivity contribution is 5.95. The largest absolute Gasteiger partial charge is 0.207 e. The average Bonchev–Trinajstić information content (AvgIpc) is 2.55. The van der Waals surface area contributed by atoms with Gasteiger partial charge in [-0.25, -0.2) is 8.78 Å². The van der Waals surface area contributed by atoms with E-state index in [0.717, 1.165) is 0 Å². The molecule has 0 radical (unpaired) electrons. The highest BCUT2D eigenvalue weighted by atomic mass is 19.1. The summed E-state index contributed by atoms with van der Waals surface area (Å²) in [5.74, 6) is -0.920. The highest BCUT2D eigenvalue weighted by Gasteiger charge is 2.19. The lowest BCUT2D eigenvalue weighted by atomic mass is 9.93. The second-order valence-electron chi connectivity index (χ2n) is 5.01. The van der Waals surface area contributed by atoms with Crippen LogP contribution in [-0.4, -0.2) is 10.2 Å².